The van der Waals surface area contributed by atoms with E-state index in [9.17, 15) is 0 Å². The smallest absolute Gasteiger partial charge is 0.191 e. The van der Waals surface area contributed by atoms with Gasteiger partial charge >= 0.3 is 0 Å². The van der Waals surface area contributed by atoms with Crippen LogP contribution in [0.2, 0.25) is 5.02 Å². The largest absolute Gasteiger partial charge is 0.489 e. The summed E-state index contributed by atoms with van der Waals surface area (Å²) in [4.78, 5) is 10.0. The zero-order valence-corrected chi connectivity index (χ0v) is 19.5. The number of nitrogens with one attached hydrogen (secondary N) is 2. The normalized spacial score (nSPS) is 13.6. The van der Waals surface area contributed by atoms with Crippen molar-refractivity contribution < 1.29 is 9.47 Å². The average molecular weight is 523 g/mol. The number of ether oxygens (including phenoxy) is 2. The number of nitrogens with zero attached hydrogens (tertiary/aromatic N) is 2. The fraction of sp³-hybridized carbons (Fsp3) is 0.444. The molecule has 1 aromatic heterocycles. The van der Waals surface area contributed by atoms with Gasteiger partial charge in [0, 0.05) is 24.9 Å². The molecule has 0 aliphatic carbocycles. The number of aryl methyl sites for hydroxylation is 2. The molecule has 0 atom stereocenters. The van der Waals surface area contributed by atoms with Gasteiger partial charge in [-0.25, -0.2) is 4.98 Å². The highest BCUT2D eigenvalue weighted by Gasteiger charge is 2.15. The molecule has 6 nitrogen and oxygen atoms in total. The number of aromatic nitrogens is 1. The van der Waals surface area contributed by atoms with Gasteiger partial charge in [-0.3, -0.25) is 4.99 Å². The van der Waals surface area contributed by atoms with E-state index in [-0.39, 0.29) is 24.0 Å². The van der Waals surface area contributed by atoms with Crippen molar-refractivity contribution in [1.82, 2.24) is 15.6 Å². The Kier molecular flexibility index (Phi) is 8.43. The van der Waals surface area contributed by atoms with Gasteiger partial charge in [-0.1, -0.05) is 11.6 Å². The summed E-state index contributed by atoms with van der Waals surface area (Å²) in [5.41, 5.74) is 2.08. The summed E-state index contributed by atoms with van der Waals surface area (Å²) in [7, 11) is 1.74. The predicted molar refractivity (Wildman–Crippen MR) is 121 cm³/mol. The standard InChI is InChI=1S/C18H23ClN4O2S.HI/c1-11-12(2)26-16(23-11)10-22-18(20-3)21-9-13-7-14(19)17-15(8-13)24-5-4-6-25-17;/h7-8H,4-6,9-10H2,1-3H3,(H2,20,21,22);1H. The van der Waals surface area contributed by atoms with Crippen LogP contribution >= 0.6 is 46.9 Å². The van der Waals surface area contributed by atoms with Gasteiger partial charge in [0.25, 0.3) is 0 Å². The van der Waals surface area contributed by atoms with Gasteiger partial charge in [-0.05, 0) is 31.5 Å². The number of benzene rings is 1. The van der Waals surface area contributed by atoms with E-state index in [0.717, 1.165) is 22.7 Å². The van der Waals surface area contributed by atoms with Gasteiger partial charge in [0.2, 0.25) is 0 Å². The molecule has 1 aliphatic heterocycles. The molecular formula is C18H24ClIN4O2S. The molecule has 2 heterocycles. The Bertz CT molecular complexity index is 793. The van der Waals surface area contributed by atoms with Crippen LogP contribution in [0.15, 0.2) is 17.1 Å². The van der Waals surface area contributed by atoms with Crippen molar-refractivity contribution >= 4 is 52.9 Å². The maximum absolute atomic E-state index is 6.34. The number of thiazole rings is 1. The minimum atomic E-state index is 0. The fourth-order valence-corrected chi connectivity index (χ4v) is 3.73. The molecule has 9 heteroatoms. The molecule has 2 N–H and O–H groups in total. The van der Waals surface area contributed by atoms with Crippen molar-refractivity contribution in [3.05, 3.63) is 38.3 Å². The van der Waals surface area contributed by atoms with Gasteiger partial charge in [-0.15, -0.1) is 35.3 Å². The van der Waals surface area contributed by atoms with Crippen LogP contribution in [0.1, 0.15) is 27.6 Å². The van der Waals surface area contributed by atoms with Crippen molar-refractivity contribution in [2.75, 3.05) is 20.3 Å². The first-order valence-corrected chi connectivity index (χ1v) is 9.71. The van der Waals surface area contributed by atoms with E-state index >= 15 is 0 Å². The van der Waals surface area contributed by atoms with Gasteiger partial charge < -0.3 is 20.1 Å². The molecule has 0 spiro atoms. The summed E-state index contributed by atoms with van der Waals surface area (Å²) in [6.45, 7) is 6.58. The lowest BCUT2D eigenvalue weighted by molar-refractivity contribution is 0.297. The quantitative estimate of drug-likeness (QED) is 0.360. The highest BCUT2D eigenvalue weighted by atomic mass is 127. The molecule has 0 fully saturated rings. The number of halogens is 2. The van der Waals surface area contributed by atoms with Gasteiger partial charge in [0.05, 0.1) is 30.5 Å². The first kappa shape index (κ1) is 22.0. The van der Waals surface area contributed by atoms with E-state index in [1.165, 1.54) is 4.88 Å². The van der Waals surface area contributed by atoms with Gasteiger partial charge in [0.1, 0.15) is 5.01 Å². The van der Waals surface area contributed by atoms with E-state index in [0.29, 0.717) is 48.8 Å². The molecule has 0 unspecified atom stereocenters. The molecule has 2 aromatic rings. The summed E-state index contributed by atoms with van der Waals surface area (Å²) in [5.74, 6) is 2.03. The molecule has 1 aromatic carbocycles. The van der Waals surface area contributed by atoms with Crippen LogP contribution < -0.4 is 20.1 Å². The van der Waals surface area contributed by atoms with Crippen LogP contribution in [0.3, 0.4) is 0 Å². The summed E-state index contributed by atoms with van der Waals surface area (Å²) < 4.78 is 11.4. The van der Waals surface area contributed by atoms with Crippen molar-refractivity contribution in [2.45, 2.75) is 33.4 Å². The number of hydrogen-bond donors (Lipinski definition) is 2. The summed E-state index contributed by atoms with van der Waals surface area (Å²) >= 11 is 8.04. The Hall–Kier alpha value is -1.26. The molecule has 0 saturated carbocycles. The fourth-order valence-electron chi connectivity index (χ4n) is 2.57. The third-order valence-electron chi connectivity index (χ3n) is 4.03. The lowest BCUT2D eigenvalue weighted by Crippen LogP contribution is -2.36. The van der Waals surface area contributed by atoms with Crippen LogP contribution in [0, 0.1) is 13.8 Å². The first-order chi connectivity index (χ1) is 12.6. The van der Waals surface area contributed by atoms with Crippen molar-refractivity contribution in [1.29, 1.82) is 0 Å². The second-order valence-electron chi connectivity index (χ2n) is 5.98. The van der Waals surface area contributed by atoms with Crippen LogP contribution in [-0.4, -0.2) is 31.2 Å². The molecule has 0 saturated heterocycles. The second kappa shape index (κ2) is 10.3. The molecule has 27 heavy (non-hydrogen) atoms. The predicted octanol–water partition coefficient (Wildman–Crippen LogP) is 4.06. The van der Waals surface area contributed by atoms with Gasteiger partial charge in [-0.2, -0.15) is 0 Å². The summed E-state index contributed by atoms with van der Waals surface area (Å²) in [5, 5.41) is 8.18. The highest BCUT2D eigenvalue weighted by molar-refractivity contribution is 14.0. The Labute approximate surface area is 185 Å². The van der Waals surface area contributed by atoms with Crippen molar-refractivity contribution in [3.63, 3.8) is 0 Å². The maximum Gasteiger partial charge on any atom is 0.191 e. The van der Waals surface area contributed by atoms with E-state index in [2.05, 4.69) is 27.5 Å². The first-order valence-electron chi connectivity index (χ1n) is 8.52. The molecule has 3 rings (SSSR count). The van der Waals surface area contributed by atoms with E-state index in [1.807, 2.05) is 19.1 Å². The lowest BCUT2D eigenvalue weighted by atomic mass is 10.2. The van der Waals surface area contributed by atoms with Gasteiger partial charge in [0.15, 0.2) is 17.5 Å². The number of fused-ring (bicyclic) bond motifs is 1. The second-order valence-corrected chi connectivity index (χ2v) is 7.68. The third-order valence-corrected chi connectivity index (χ3v) is 5.38. The minimum absolute atomic E-state index is 0. The van der Waals surface area contributed by atoms with Crippen LogP contribution in [-0.2, 0) is 13.1 Å². The van der Waals surface area contributed by atoms with Crippen LogP contribution in [0.5, 0.6) is 11.5 Å². The molecule has 0 amide bonds. The topological polar surface area (TPSA) is 67.8 Å². The Morgan fingerprint density at radius 3 is 2.67 bits per heavy atom. The molecule has 148 valence electrons. The zero-order valence-electron chi connectivity index (χ0n) is 15.6. The molecule has 0 bridgehead atoms. The van der Waals surface area contributed by atoms with E-state index in [4.69, 9.17) is 21.1 Å². The monoisotopic (exact) mass is 522 g/mol. The van der Waals surface area contributed by atoms with Crippen LogP contribution in [0.4, 0.5) is 0 Å². The van der Waals surface area contributed by atoms with Crippen LogP contribution in [0.25, 0.3) is 0 Å². The number of rotatable bonds is 4. The molecule has 0 radical (unpaired) electrons. The Morgan fingerprint density at radius 1 is 1.22 bits per heavy atom. The van der Waals surface area contributed by atoms with E-state index in [1.54, 1.807) is 18.4 Å². The number of guanidine groups is 1. The SMILES string of the molecule is CN=C(NCc1cc(Cl)c2c(c1)OCCCO2)NCc1nc(C)c(C)s1.I. The molecule has 1 aliphatic rings. The Balaban J connectivity index is 0.00000261. The number of aliphatic imine (C=N–C) groups is 1. The van der Waals surface area contributed by atoms with Crippen molar-refractivity contribution in [2.24, 2.45) is 4.99 Å². The summed E-state index contributed by atoms with van der Waals surface area (Å²) in [6.07, 6.45) is 0.852. The van der Waals surface area contributed by atoms with Crippen molar-refractivity contribution in [3.8, 4) is 11.5 Å². The third kappa shape index (κ3) is 5.86. The lowest BCUT2D eigenvalue weighted by Gasteiger charge is -2.14. The van der Waals surface area contributed by atoms with E-state index < -0.39 is 0 Å². The zero-order chi connectivity index (χ0) is 18.5. The highest BCUT2D eigenvalue weighted by Crippen LogP contribution is 2.37. The summed E-state index contributed by atoms with van der Waals surface area (Å²) in [6, 6.07) is 3.85. The molecular weight excluding hydrogens is 499 g/mol. The number of hydrogen-bond acceptors (Lipinski definition) is 5. The maximum atomic E-state index is 6.34. The average Bonchev–Trinajstić information content (AvgIpc) is 2.81. The minimum Gasteiger partial charge on any atom is -0.489 e. The Morgan fingerprint density at radius 2 is 1.96 bits per heavy atom.